The summed E-state index contributed by atoms with van der Waals surface area (Å²) in [5.41, 5.74) is 1.95. The Morgan fingerprint density at radius 1 is 1.21 bits per heavy atom. The Bertz CT molecular complexity index is 597. The number of ether oxygens (including phenoxy) is 2. The standard InChI is InChI=1S/C12H13N3O4/c16-4-3-15-12(9(6-17)13-14-15)8-1-2-10-11(5-8)19-7-18-10/h1-2,5,16-17H,3-4,6-7H2. The van der Waals surface area contributed by atoms with Gasteiger partial charge in [-0.1, -0.05) is 5.21 Å². The number of aliphatic hydroxyl groups is 2. The second kappa shape index (κ2) is 4.87. The van der Waals surface area contributed by atoms with Crippen molar-refractivity contribution < 1.29 is 19.7 Å². The Hall–Kier alpha value is -2.12. The first-order chi connectivity index (χ1) is 9.33. The van der Waals surface area contributed by atoms with E-state index in [0.717, 1.165) is 5.56 Å². The van der Waals surface area contributed by atoms with Crippen molar-refractivity contribution in [1.82, 2.24) is 15.0 Å². The maximum Gasteiger partial charge on any atom is 0.231 e. The summed E-state index contributed by atoms with van der Waals surface area (Å²) >= 11 is 0. The molecule has 0 saturated carbocycles. The molecule has 2 heterocycles. The molecule has 0 bridgehead atoms. The molecule has 0 amide bonds. The molecule has 1 aromatic carbocycles. The number of nitrogens with zero attached hydrogens (tertiary/aromatic N) is 3. The van der Waals surface area contributed by atoms with E-state index in [2.05, 4.69) is 10.3 Å². The Morgan fingerprint density at radius 3 is 2.84 bits per heavy atom. The fourth-order valence-corrected chi connectivity index (χ4v) is 2.07. The average molecular weight is 263 g/mol. The van der Waals surface area contributed by atoms with Crippen LogP contribution in [0.5, 0.6) is 11.5 Å². The smallest absolute Gasteiger partial charge is 0.231 e. The summed E-state index contributed by atoms with van der Waals surface area (Å²) in [6.45, 7) is 0.261. The van der Waals surface area contributed by atoms with Crippen LogP contribution < -0.4 is 9.47 Å². The van der Waals surface area contributed by atoms with Gasteiger partial charge < -0.3 is 19.7 Å². The first-order valence-corrected chi connectivity index (χ1v) is 5.87. The van der Waals surface area contributed by atoms with Gasteiger partial charge in [0.15, 0.2) is 11.5 Å². The molecule has 0 saturated heterocycles. The van der Waals surface area contributed by atoms with Crippen LogP contribution in [0.4, 0.5) is 0 Å². The average Bonchev–Trinajstić information content (AvgIpc) is 3.04. The Labute approximate surface area is 109 Å². The van der Waals surface area contributed by atoms with Gasteiger partial charge in [-0.2, -0.15) is 0 Å². The second-order valence-electron chi connectivity index (χ2n) is 4.06. The summed E-state index contributed by atoms with van der Waals surface area (Å²) in [4.78, 5) is 0. The van der Waals surface area contributed by atoms with E-state index in [9.17, 15) is 5.11 Å². The van der Waals surface area contributed by atoms with Crippen LogP contribution in [0.2, 0.25) is 0 Å². The largest absolute Gasteiger partial charge is 0.454 e. The zero-order chi connectivity index (χ0) is 13.2. The maximum absolute atomic E-state index is 9.32. The van der Waals surface area contributed by atoms with Crippen LogP contribution >= 0.6 is 0 Å². The van der Waals surface area contributed by atoms with Gasteiger partial charge >= 0.3 is 0 Å². The van der Waals surface area contributed by atoms with Gasteiger partial charge in [0.1, 0.15) is 5.69 Å². The lowest BCUT2D eigenvalue weighted by Gasteiger charge is -2.07. The summed E-state index contributed by atoms with van der Waals surface area (Å²) in [6.07, 6.45) is 0. The third kappa shape index (κ3) is 2.02. The summed E-state index contributed by atoms with van der Waals surface area (Å²) in [7, 11) is 0. The van der Waals surface area contributed by atoms with Gasteiger partial charge in [0.25, 0.3) is 0 Å². The molecular weight excluding hydrogens is 250 g/mol. The first-order valence-electron chi connectivity index (χ1n) is 5.87. The van der Waals surface area contributed by atoms with Gasteiger partial charge in [-0.15, -0.1) is 5.10 Å². The fraction of sp³-hybridized carbons (Fsp3) is 0.333. The summed E-state index contributed by atoms with van der Waals surface area (Å²) in [5, 5.41) is 26.2. The number of hydrogen-bond acceptors (Lipinski definition) is 6. The van der Waals surface area contributed by atoms with Crippen molar-refractivity contribution >= 4 is 0 Å². The van der Waals surface area contributed by atoms with Crippen molar-refractivity contribution in [1.29, 1.82) is 0 Å². The van der Waals surface area contributed by atoms with Crippen molar-refractivity contribution in [2.24, 2.45) is 0 Å². The van der Waals surface area contributed by atoms with E-state index in [1.54, 1.807) is 10.7 Å². The summed E-state index contributed by atoms with van der Waals surface area (Å²) < 4.78 is 12.1. The predicted molar refractivity (Wildman–Crippen MR) is 64.6 cm³/mol. The molecule has 1 aliphatic rings. The lowest BCUT2D eigenvalue weighted by Crippen LogP contribution is -2.06. The molecular formula is C12H13N3O4. The fourth-order valence-electron chi connectivity index (χ4n) is 2.07. The molecule has 2 N–H and O–H groups in total. The quantitative estimate of drug-likeness (QED) is 0.816. The van der Waals surface area contributed by atoms with Gasteiger partial charge in [-0.3, -0.25) is 0 Å². The van der Waals surface area contributed by atoms with Crippen LogP contribution in [0.25, 0.3) is 11.3 Å². The van der Waals surface area contributed by atoms with Crippen molar-refractivity contribution in [3.05, 3.63) is 23.9 Å². The molecule has 0 fully saturated rings. The van der Waals surface area contributed by atoms with Gasteiger partial charge in [-0.05, 0) is 18.2 Å². The third-order valence-electron chi connectivity index (χ3n) is 2.91. The van der Waals surface area contributed by atoms with E-state index < -0.39 is 0 Å². The number of rotatable bonds is 4. The van der Waals surface area contributed by atoms with E-state index in [0.29, 0.717) is 29.4 Å². The lowest BCUT2D eigenvalue weighted by atomic mass is 10.1. The topological polar surface area (TPSA) is 89.6 Å². The van der Waals surface area contributed by atoms with Crippen molar-refractivity contribution in [2.75, 3.05) is 13.4 Å². The number of hydrogen-bond donors (Lipinski definition) is 2. The highest BCUT2D eigenvalue weighted by Gasteiger charge is 2.18. The van der Waals surface area contributed by atoms with E-state index >= 15 is 0 Å². The van der Waals surface area contributed by atoms with Crippen LogP contribution in [0.3, 0.4) is 0 Å². The normalized spacial score (nSPS) is 12.9. The lowest BCUT2D eigenvalue weighted by molar-refractivity contribution is 0.174. The predicted octanol–water partition coefficient (Wildman–Crippen LogP) is 0.158. The molecule has 0 radical (unpaired) electrons. The molecule has 2 aromatic rings. The molecule has 0 unspecified atom stereocenters. The molecule has 1 aliphatic heterocycles. The van der Waals surface area contributed by atoms with E-state index in [-0.39, 0.29) is 20.0 Å². The zero-order valence-electron chi connectivity index (χ0n) is 10.1. The van der Waals surface area contributed by atoms with Crippen LogP contribution in [-0.2, 0) is 13.2 Å². The minimum absolute atomic E-state index is 0.0498. The highest BCUT2D eigenvalue weighted by Crippen LogP contribution is 2.36. The molecule has 0 aliphatic carbocycles. The first kappa shape index (κ1) is 11.9. The third-order valence-corrected chi connectivity index (χ3v) is 2.91. The molecule has 19 heavy (non-hydrogen) atoms. The minimum Gasteiger partial charge on any atom is -0.454 e. The SMILES string of the molecule is OCCn1nnc(CO)c1-c1ccc2c(c1)OCO2. The van der Waals surface area contributed by atoms with Crippen molar-refractivity contribution in [2.45, 2.75) is 13.2 Å². The van der Waals surface area contributed by atoms with Crippen LogP contribution in [0.1, 0.15) is 5.69 Å². The van der Waals surface area contributed by atoms with E-state index in [1.165, 1.54) is 0 Å². The van der Waals surface area contributed by atoms with Crippen LogP contribution in [-0.4, -0.2) is 38.6 Å². The molecule has 1 aromatic heterocycles. The number of fused-ring (bicyclic) bond motifs is 1. The highest BCUT2D eigenvalue weighted by atomic mass is 16.7. The monoisotopic (exact) mass is 263 g/mol. The number of benzene rings is 1. The number of aromatic nitrogens is 3. The Morgan fingerprint density at radius 2 is 2.05 bits per heavy atom. The molecule has 7 heteroatoms. The van der Waals surface area contributed by atoms with E-state index in [4.69, 9.17) is 14.6 Å². The van der Waals surface area contributed by atoms with Gasteiger partial charge in [0.05, 0.1) is 25.5 Å². The molecule has 7 nitrogen and oxygen atoms in total. The Kier molecular flexibility index (Phi) is 3.06. The second-order valence-corrected chi connectivity index (χ2v) is 4.06. The highest BCUT2D eigenvalue weighted by molar-refractivity contribution is 5.66. The molecule has 100 valence electrons. The van der Waals surface area contributed by atoms with Crippen molar-refractivity contribution in [3.63, 3.8) is 0 Å². The van der Waals surface area contributed by atoms with Gasteiger partial charge in [0, 0.05) is 5.56 Å². The van der Waals surface area contributed by atoms with Gasteiger partial charge in [0.2, 0.25) is 6.79 Å². The maximum atomic E-state index is 9.32. The molecule has 3 rings (SSSR count). The van der Waals surface area contributed by atoms with E-state index in [1.807, 2.05) is 12.1 Å². The summed E-state index contributed by atoms with van der Waals surface area (Å²) in [6, 6.07) is 5.46. The van der Waals surface area contributed by atoms with Gasteiger partial charge in [-0.25, -0.2) is 4.68 Å². The van der Waals surface area contributed by atoms with Crippen LogP contribution in [0.15, 0.2) is 18.2 Å². The molecule has 0 atom stereocenters. The van der Waals surface area contributed by atoms with Crippen LogP contribution in [0, 0.1) is 0 Å². The Balaban J connectivity index is 2.07. The summed E-state index contributed by atoms with van der Waals surface area (Å²) in [5.74, 6) is 1.34. The van der Waals surface area contributed by atoms with Crippen molar-refractivity contribution in [3.8, 4) is 22.8 Å². The zero-order valence-corrected chi connectivity index (χ0v) is 10.1. The minimum atomic E-state index is -0.213. The number of aliphatic hydroxyl groups excluding tert-OH is 2. The molecule has 0 spiro atoms.